The van der Waals surface area contributed by atoms with Crippen LogP contribution in [-0.2, 0) is 10.0 Å². The number of halogens is 2. The van der Waals surface area contributed by atoms with E-state index >= 15 is 0 Å². The highest BCUT2D eigenvalue weighted by Crippen LogP contribution is 2.29. The topological polar surface area (TPSA) is 46.6 Å². The van der Waals surface area contributed by atoms with Gasteiger partial charge in [0, 0.05) is 30.1 Å². The van der Waals surface area contributed by atoms with Crippen LogP contribution in [0, 0.1) is 5.92 Å². The quantitative estimate of drug-likeness (QED) is 0.848. The summed E-state index contributed by atoms with van der Waals surface area (Å²) in [6, 6.07) is 5.05. The van der Waals surface area contributed by atoms with Gasteiger partial charge in [-0.25, -0.2) is 12.7 Å². The maximum absolute atomic E-state index is 11.6. The van der Waals surface area contributed by atoms with Crippen molar-refractivity contribution in [1.82, 2.24) is 4.31 Å². The second-order valence-corrected chi connectivity index (χ2v) is 7.84. The molecule has 0 bridgehead atoms. The molecule has 1 aromatic rings. The minimum absolute atomic E-state index is 0.175. The SMILES string of the molecule is CS(=O)(=O)N1CCCC(COc2cc(Cl)ccc2Cl)C1. The number of rotatable bonds is 4. The van der Waals surface area contributed by atoms with Crippen LogP contribution in [0.2, 0.25) is 10.0 Å². The van der Waals surface area contributed by atoms with E-state index in [1.807, 2.05) is 0 Å². The predicted molar refractivity (Wildman–Crippen MR) is 81.1 cm³/mol. The molecule has 20 heavy (non-hydrogen) atoms. The van der Waals surface area contributed by atoms with Gasteiger partial charge in [-0.05, 0) is 25.0 Å². The van der Waals surface area contributed by atoms with Crippen LogP contribution in [0.25, 0.3) is 0 Å². The maximum atomic E-state index is 11.6. The summed E-state index contributed by atoms with van der Waals surface area (Å²) >= 11 is 11.9. The summed E-state index contributed by atoms with van der Waals surface area (Å²) in [5.41, 5.74) is 0. The van der Waals surface area contributed by atoms with Gasteiger partial charge in [0.25, 0.3) is 0 Å². The predicted octanol–water partition coefficient (Wildman–Crippen LogP) is 3.04. The molecule has 0 saturated carbocycles. The van der Waals surface area contributed by atoms with Crippen LogP contribution in [0.3, 0.4) is 0 Å². The Hall–Kier alpha value is -0.490. The van der Waals surface area contributed by atoms with E-state index in [2.05, 4.69) is 0 Å². The van der Waals surface area contributed by atoms with E-state index in [0.29, 0.717) is 35.5 Å². The lowest BCUT2D eigenvalue weighted by molar-refractivity contribution is 0.181. The first-order chi connectivity index (χ1) is 9.36. The Bertz CT molecular complexity index is 577. The summed E-state index contributed by atoms with van der Waals surface area (Å²) in [6.07, 6.45) is 3.04. The average molecular weight is 338 g/mol. The molecule has 7 heteroatoms. The van der Waals surface area contributed by atoms with E-state index in [0.717, 1.165) is 12.8 Å². The van der Waals surface area contributed by atoms with E-state index in [1.54, 1.807) is 18.2 Å². The molecule has 4 nitrogen and oxygen atoms in total. The lowest BCUT2D eigenvalue weighted by Crippen LogP contribution is -2.40. The van der Waals surface area contributed by atoms with Gasteiger partial charge in [-0.2, -0.15) is 0 Å². The first-order valence-electron chi connectivity index (χ1n) is 6.39. The zero-order chi connectivity index (χ0) is 14.8. The molecule has 0 spiro atoms. The van der Waals surface area contributed by atoms with Gasteiger partial charge in [-0.15, -0.1) is 0 Å². The molecule has 0 amide bonds. The van der Waals surface area contributed by atoms with E-state index in [4.69, 9.17) is 27.9 Å². The number of nitrogens with zero attached hydrogens (tertiary/aromatic N) is 1. The Balaban J connectivity index is 1.95. The molecule has 112 valence electrons. The van der Waals surface area contributed by atoms with Crippen molar-refractivity contribution in [2.45, 2.75) is 12.8 Å². The molecule has 0 aliphatic carbocycles. The minimum Gasteiger partial charge on any atom is -0.492 e. The van der Waals surface area contributed by atoms with Crippen molar-refractivity contribution in [3.05, 3.63) is 28.2 Å². The van der Waals surface area contributed by atoms with Crippen molar-refractivity contribution in [1.29, 1.82) is 0 Å². The first kappa shape index (κ1) is 15.9. The molecule has 1 heterocycles. The third-order valence-corrected chi connectivity index (χ3v) is 5.14. The Labute approximate surface area is 129 Å². The molecule has 0 N–H and O–H groups in total. The lowest BCUT2D eigenvalue weighted by Gasteiger charge is -2.30. The van der Waals surface area contributed by atoms with Gasteiger partial charge >= 0.3 is 0 Å². The smallest absolute Gasteiger partial charge is 0.211 e. The Kier molecular flexibility index (Phi) is 5.18. The van der Waals surface area contributed by atoms with Crippen LogP contribution in [-0.4, -0.2) is 38.7 Å². The Morgan fingerprint density at radius 3 is 2.85 bits per heavy atom. The van der Waals surface area contributed by atoms with Crippen LogP contribution >= 0.6 is 23.2 Å². The summed E-state index contributed by atoms with van der Waals surface area (Å²) in [5, 5.41) is 1.07. The molecule has 1 fully saturated rings. The van der Waals surface area contributed by atoms with Gasteiger partial charge in [0.15, 0.2) is 0 Å². The molecule has 1 unspecified atom stereocenters. The third kappa shape index (κ3) is 4.25. The molecular formula is C13H17Cl2NO3S. The molecule has 1 aromatic carbocycles. The summed E-state index contributed by atoms with van der Waals surface area (Å²) < 4.78 is 30.3. The van der Waals surface area contributed by atoms with Crippen molar-refractivity contribution in [2.75, 3.05) is 26.0 Å². The minimum atomic E-state index is -3.13. The van der Waals surface area contributed by atoms with Crippen molar-refractivity contribution in [3.8, 4) is 5.75 Å². The second-order valence-electron chi connectivity index (χ2n) is 5.02. The highest BCUT2D eigenvalue weighted by molar-refractivity contribution is 7.88. The van der Waals surface area contributed by atoms with Crippen LogP contribution in [0.4, 0.5) is 0 Å². The van der Waals surface area contributed by atoms with Crippen molar-refractivity contribution in [2.24, 2.45) is 5.92 Å². The zero-order valence-electron chi connectivity index (χ0n) is 11.2. The average Bonchev–Trinajstić information content (AvgIpc) is 2.39. The van der Waals surface area contributed by atoms with Crippen molar-refractivity contribution < 1.29 is 13.2 Å². The second kappa shape index (κ2) is 6.52. The van der Waals surface area contributed by atoms with Crippen LogP contribution in [0.5, 0.6) is 5.75 Å². The number of hydrogen-bond acceptors (Lipinski definition) is 3. The number of benzene rings is 1. The van der Waals surface area contributed by atoms with Gasteiger partial charge < -0.3 is 4.74 Å². The molecule has 2 rings (SSSR count). The Morgan fingerprint density at radius 1 is 1.40 bits per heavy atom. The van der Waals surface area contributed by atoms with Crippen LogP contribution in [0.15, 0.2) is 18.2 Å². The van der Waals surface area contributed by atoms with E-state index in [-0.39, 0.29) is 5.92 Å². The lowest BCUT2D eigenvalue weighted by atomic mass is 10.0. The van der Waals surface area contributed by atoms with Gasteiger partial charge in [-0.3, -0.25) is 0 Å². The largest absolute Gasteiger partial charge is 0.492 e. The standard InChI is InChI=1S/C13H17Cl2NO3S/c1-20(17,18)16-6-2-3-10(8-16)9-19-13-7-11(14)4-5-12(13)15/h4-5,7,10H,2-3,6,8-9H2,1H3. The molecule has 1 atom stereocenters. The van der Waals surface area contributed by atoms with E-state index < -0.39 is 10.0 Å². The molecule has 0 aromatic heterocycles. The fourth-order valence-corrected chi connectivity index (χ4v) is 3.54. The van der Waals surface area contributed by atoms with Crippen molar-refractivity contribution >= 4 is 33.2 Å². The summed E-state index contributed by atoms with van der Waals surface area (Å²) in [6.45, 7) is 1.52. The highest BCUT2D eigenvalue weighted by atomic mass is 35.5. The number of piperidine rings is 1. The van der Waals surface area contributed by atoms with E-state index in [1.165, 1.54) is 10.6 Å². The first-order valence-corrected chi connectivity index (χ1v) is 8.99. The summed E-state index contributed by atoms with van der Waals surface area (Å²) in [5.74, 6) is 0.712. The number of hydrogen-bond donors (Lipinski definition) is 0. The molecule has 1 aliphatic rings. The monoisotopic (exact) mass is 337 g/mol. The maximum Gasteiger partial charge on any atom is 0.211 e. The normalized spacial score (nSPS) is 20.9. The van der Waals surface area contributed by atoms with Gasteiger partial charge in [0.2, 0.25) is 10.0 Å². The number of ether oxygens (including phenoxy) is 1. The fourth-order valence-electron chi connectivity index (χ4n) is 2.26. The fraction of sp³-hybridized carbons (Fsp3) is 0.538. The molecule has 0 radical (unpaired) electrons. The summed E-state index contributed by atoms with van der Waals surface area (Å²) in [4.78, 5) is 0. The zero-order valence-corrected chi connectivity index (χ0v) is 13.5. The van der Waals surface area contributed by atoms with Gasteiger partial charge in [-0.1, -0.05) is 23.2 Å². The molecule has 1 aliphatic heterocycles. The van der Waals surface area contributed by atoms with Crippen molar-refractivity contribution in [3.63, 3.8) is 0 Å². The highest BCUT2D eigenvalue weighted by Gasteiger charge is 2.26. The number of sulfonamides is 1. The van der Waals surface area contributed by atoms with Gasteiger partial charge in [0.1, 0.15) is 5.75 Å². The molecule has 1 saturated heterocycles. The summed E-state index contributed by atoms with van der Waals surface area (Å²) in [7, 11) is -3.13. The Morgan fingerprint density at radius 2 is 2.15 bits per heavy atom. The van der Waals surface area contributed by atoms with Crippen LogP contribution in [0.1, 0.15) is 12.8 Å². The third-order valence-electron chi connectivity index (χ3n) is 3.32. The van der Waals surface area contributed by atoms with Gasteiger partial charge in [0.05, 0.1) is 17.9 Å². The molecular weight excluding hydrogens is 321 g/mol. The van der Waals surface area contributed by atoms with E-state index in [9.17, 15) is 8.42 Å². The van der Waals surface area contributed by atoms with Crippen LogP contribution < -0.4 is 4.74 Å².